The van der Waals surface area contributed by atoms with Crippen molar-refractivity contribution in [3.8, 4) is 11.5 Å². The minimum Gasteiger partial charge on any atom is -0.507 e. The second kappa shape index (κ2) is 17.3. The summed E-state index contributed by atoms with van der Waals surface area (Å²) < 4.78 is 21.6. The lowest BCUT2D eigenvalue weighted by atomic mass is 9.73. The predicted octanol–water partition coefficient (Wildman–Crippen LogP) is 5.81. The zero-order valence-corrected chi connectivity index (χ0v) is 22.8. The topological polar surface area (TPSA) is 110 Å². The van der Waals surface area contributed by atoms with E-state index in [1.54, 1.807) is 0 Å². The standard InChI is InChI=1S/C25H35NO4.C3H7NO.CH3B.CH4/c1-5-6-7-8-18-12-22(27)24(21-11-17(4)9-10-20(21)16(2)3)23(13-18)30-25(28)26-14-19-15-29-19;4-1-3-2-5-3;1-2;/h11-13,19-21,27H,2,5-10,14-15H2,1,3-4H3,(H,26,28);3H,1-2,4H2;1H3;1H4/t19?,20-,21+;;;/m0.../s1/i;;1D;. The van der Waals surface area contributed by atoms with Gasteiger partial charge in [0.25, 0.3) is 0 Å². The maximum absolute atomic E-state index is 12.4. The van der Waals surface area contributed by atoms with Crippen molar-refractivity contribution in [3.63, 3.8) is 0 Å². The van der Waals surface area contributed by atoms with Gasteiger partial charge in [-0.05, 0) is 63.1 Å². The van der Waals surface area contributed by atoms with Crippen LogP contribution in [0.1, 0.15) is 78.7 Å². The Kier molecular flexibility index (Phi) is 14.6. The molecule has 4 N–H and O–H groups in total. The number of amides is 1. The first-order valence-corrected chi connectivity index (χ1v) is 13.3. The largest absolute Gasteiger partial charge is 0.507 e. The third kappa shape index (κ3) is 11.2. The fourth-order valence-electron chi connectivity index (χ4n) is 4.44. The fraction of sp³-hybridized carbons (Fsp3) is 0.633. The van der Waals surface area contributed by atoms with E-state index in [1.165, 1.54) is 5.57 Å². The Hall–Kier alpha value is -2.29. The third-order valence-electron chi connectivity index (χ3n) is 6.71. The molecule has 0 saturated carbocycles. The lowest BCUT2D eigenvalue weighted by molar-refractivity contribution is 0.198. The first-order chi connectivity index (χ1) is 18.2. The zero-order chi connectivity index (χ0) is 28.1. The molecular formula is C30H49BN2O5. The molecule has 4 rings (SSSR count). The molecule has 1 aromatic rings. The van der Waals surface area contributed by atoms with E-state index in [2.05, 4.69) is 39.7 Å². The molecule has 2 fully saturated rings. The number of hydrogen-bond donors (Lipinski definition) is 3. The summed E-state index contributed by atoms with van der Waals surface area (Å²) in [5, 5.41) is 13.8. The van der Waals surface area contributed by atoms with Crippen molar-refractivity contribution >= 4 is 13.9 Å². The Labute approximate surface area is 233 Å². The van der Waals surface area contributed by atoms with Crippen LogP contribution < -0.4 is 15.8 Å². The van der Waals surface area contributed by atoms with Gasteiger partial charge in [0.1, 0.15) is 11.5 Å². The van der Waals surface area contributed by atoms with Gasteiger partial charge in [-0.2, -0.15) is 0 Å². The third-order valence-corrected chi connectivity index (χ3v) is 6.71. The van der Waals surface area contributed by atoms with Gasteiger partial charge in [0.2, 0.25) is 0 Å². The predicted molar refractivity (Wildman–Crippen MR) is 156 cm³/mol. The van der Waals surface area contributed by atoms with Gasteiger partial charge in [0.05, 0.1) is 33.3 Å². The highest BCUT2D eigenvalue weighted by molar-refractivity contribution is 6.05. The molecule has 3 aliphatic rings. The number of phenolic OH excluding ortho intramolecular Hbond substituents is 1. The van der Waals surface area contributed by atoms with Crippen LogP contribution in [0.4, 0.5) is 4.79 Å². The summed E-state index contributed by atoms with van der Waals surface area (Å²) in [7, 11) is 4.51. The maximum atomic E-state index is 12.4. The van der Waals surface area contributed by atoms with Crippen LogP contribution in [-0.2, 0) is 15.9 Å². The van der Waals surface area contributed by atoms with Crippen molar-refractivity contribution in [1.82, 2.24) is 5.32 Å². The monoisotopic (exact) mass is 529 g/mol. The lowest BCUT2D eigenvalue weighted by Crippen LogP contribution is -2.31. The highest BCUT2D eigenvalue weighted by Crippen LogP contribution is 2.47. The number of allylic oxidation sites excluding steroid dienone is 3. The molecule has 8 heteroatoms. The van der Waals surface area contributed by atoms with E-state index in [0.717, 1.165) is 56.3 Å². The van der Waals surface area contributed by atoms with Crippen LogP contribution in [-0.4, -0.2) is 57.6 Å². The quantitative estimate of drug-likeness (QED) is 0.153. The highest BCUT2D eigenvalue weighted by Gasteiger charge is 2.31. The number of aryl methyl sites for hydroxylation is 1. The summed E-state index contributed by atoms with van der Waals surface area (Å²) in [5.74, 6) is 0.781. The molecule has 0 bridgehead atoms. The second-order valence-corrected chi connectivity index (χ2v) is 9.93. The number of ether oxygens (including phenoxy) is 3. The normalized spacial score (nSPS) is 23.1. The number of phenols is 1. The Morgan fingerprint density at radius 2 is 1.97 bits per heavy atom. The van der Waals surface area contributed by atoms with Crippen LogP contribution in [0.5, 0.6) is 11.5 Å². The summed E-state index contributed by atoms with van der Waals surface area (Å²) in [4.78, 5) is 12.4. The number of aromatic hydroxyl groups is 1. The smallest absolute Gasteiger partial charge is 0.412 e. The summed E-state index contributed by atoms with van der Waals surface area (Å²) >= 11 is 0. The Bertz CT molecular complexity index is 934. The minimum absolute atomic E-state index is 0. The van der Waals surface area contributed by atoms with Gasteiger partial charge in [-0.3, -0.25) is 0 Å². The molecule has 7 nitrogen and oxygen atoms in total. The van der Waals surface area contributed by atoms with Crippen LogP contribution in [0, 0.1) is 5.92 Å². The van der Waals surface area contributed by atoms with E-state index in [-0.39, 0.29) is 37.9 Å². The van der Waals surface area contributed by atoms with E-state index in [1.807, 2.05) is 19.1 Å². The van der Waals surface area contributed by atoms with Gasteiger partial charge in [0, 0.05) is 25.9 Å². The van der Waals surface area contributed by atoms with Gasteiger partial charge >= 0.3 is 6.09 Å². The molecule has 2 radical (unpaired) electrons. The minimum atomic E-state index is -0.514. The summed E-state index contributed by atoms with van der Waals surface area (Å²) in [6, 6.07) is 3.76. The fourth-order valence-corrected chi connectivity index (χ4v) is 4.44. The van der Waals surface area contributed by atoms with Crippen LogP contribution in [0.3, 0.4) is 0 Å². The molecule has 212 valence electrons. The SMILES string of the molecule is C.C=C(C)[C@@H]1CCC(C)=C[C@H]1c1c(O)cc(CCCCC)cc1OC(=O)NCC1CO1.NCC1CO1.[2H]C[B]. The number of benzene rings is 1. The zero-order valence-electron chi connectivity index (χ0n) is 23.8. The number of nitrogens with one attached hydrogen (secondary N) is 1. The molecule has 2 unspecified atom stereocenters. The number of carbonyl (C=O) groups excluding carboxylic acids is 1. The van der Waals surface area contributed by atoms with Crippen molar-refractivity contribution in [2.75, 3.05) is 26.3 Å². The maximum Gasteiger partial charge on any atom is 0.412 e. The molecule has 4 atom stereocenters. The molecule has 0 spiro atoms. The van der Waals surface area contributed by atoms with Crippen LogP contribution >= 0.6 is 0 Å². The number of carbonyl (C=O) groups is 1. The molecule has 1 amide bonds. The number of epoxide rings is 2. The summed E-state index contributed by atoms with van der Waals surface area (Å²) in [6.07, 6.45) is 8.31. The van der Waals surface area contributed by atoms with E-state index in [0.29, 0.717) is 37.1 Å². The van der Waals surface area contributed by atoms with E-state index < -0.39 is 6.09 Å². The molecule has 2 saturated heterocycles. The van der Waals surface area contributed by atoms with Crippen LogP contribution in [0.25, 0.3) is 0 Å². The average molecular weight is 530 g/mol. The van der Waals surface area contributed by atoms with Crippen LogP contribution in [0.15, 0.2) is 35.9 Å². The summed E-state index contributed by atoms with van der Waals surface area (Å²) in [6.45, 7) is 13.2. The Morgan fingerprint density at radius 1 is 1.32 bits per heavy atom. The van der Waals surface area contributed by atoms with E-state index in [9.17, 15) is 9.90 Å². The summed E-state index contributed by atoms with van der Waals surface area (Å²) in [5.41, 5.74) is 9.14. The van der Waals surface area contributed by atoms with Crippen molar-refractivity contribution in [2.45, 2.75) is 91.6 Å². The van der Waals surface area contributed by atoms with Crippen molar-refractivity contribution in [3.05, 3.63) is 47.1 Å². The molecule has 2 heterocycles. The number of nitrogens with two attached hydrogens (primary N) is 1. The molecule has 2 aliphatic heterocycles. The average Bonchev–Trinajstić information content (AvgIpc) is 3.78. The molecule has 1 aromatic carbocycles. The highest BCUT2D eigenvalue weighted by atomic mass is 16.6. The van der Waals surface area contributed by atoms with Gasteiger partial charge in [-0.15, -0.1) is 0 Å². The molecular weight excluding hydrogens is 479 g/mol. The van der Waals surface area contributed by atoms with Crippen molar-refractivity contribution in [1.29, 1.82) is 0 Å². The first kappa shape index (κ1) is 31.9. The van der Waals surface area contributed by atoms with Crippen molar-refractivity contribution < 1.29 is 25.5 Å². The van der Waals surface area contributed by atoms with Gasteiger partial charge < -0.3 is 30.4 Å². The van der Waals surface area contributed by atoms with Crippen LogP contribution in [0.2, 0.25) is 6.80 Å². The first-order valence-electron chi connectivity index (χ1n) is 14.0. The van der Waals surface area contributed by atoms with E-state index >= 15 is 0 Å². The number of rotatable bonds is 10. The van der Waals surface area contributed by atoms with Gasteiger partial charge in [0.15, 0.2) is 0 Å². The number of unbranched alkanes of at least 4 members (excludes halogenated alkanes) is 2. The van der Waals surface area contributed by atoms with Crippen molar-refractivity contribution in [2.24, 2.45) is 11.7 Å². The molecule has 0 aromatic heterocycles. The molecule has 38 heavy (non-hydrogen) atoms. The van der Waals surface area contributed by atoms with Gasteiger partial charge in [-0.25, -0.2) is 4.79 Å². The Morgan fingerprint density at radius 3 is 2.50 bits per heavy atom. The Balaban J connectivity index is 0.000000733. The van der Waals surface area contributed by atoms with E-state index in [4.69, 9.17) is 21.3 Å². The molecule has 1 aliphatic carbocycles. The number of hydrogen-bond acceptors (Lipinski definition) is 6. The second-order valence-electron chi connectivity index (χ2n) is 9.93. The lowest BCUT2D eigenvalue weighted by Gasteiger charge is -2.32. The van der Waals surface area contributed by atoms with Gasteiger partial charge in [-0.1, -0.05) is 57.8 Å².